The van der Waals surface area contributed by atoms with Gasteiger partial charge in [0.05, 0.1) is 25.7 Å². The summed E-state index contributed by atoms with van der Waals surface area (Å²) < 4.78 is 0.636. The molecule has 1 aromatic heterocycles. The third-order valence-corrected chi connectivity index (χ3v) is 4.85. The van der Waals surface area contributed by atoms with E-state index >= 15 is 0 Å². The minimum atomic E-state index is -0.470. The van der Waals surface area contributed by atoms with E-state index in [1.54, 1.807) is 24.3 Å². The van der Waals surface area contributed by atoms with Crippen LogP contribution in [0.3, 0.4) is 0 Å². The first-order chi connectivity index (χ1) is 12.3. The van der Waals surface area contributed by atoms with Crippen LogP contribution < -0.4 is 10.6 Å². The van der Waals surface area contributed by atoms with E-state index in [0.717, 1.165) is 5.56 Å². The number of nitro benzene ring substituents is 1. The molecule has 132 valence electrons. The fourth-order valence-electron chi connectivity index (χ4n) is 2.18. The lowest BCUT2D eigenvalue weighted by Gasteiger charge is -2.08. The second-order valence-corrected chi connectivity index (χ2v) is 7.17. The summed E-state index contributed by atoms with van der Waals surface area (Å²) in [6.07, 6.45) is 0. The highest BCUT2D eigenvalue weighted by Gasteiger charge is 2.14. The molecule has 0 aliphatic rings. The van der Waals surface area contributed by atoms with Gasteiger partial charge in [-0.2, -0.15) is 0 Å². The van der Waals surface area contributed by atoms with E-state index in [9.17, 15) is 14.9 Å². The number of thiocarbonyl (C=S) groups is 1. The first kappa shape index (κ1) is 18.2. The van der Waals surface area contributed by atoms with Crippen LogP contribution in [0.15, 0.2) is 36.4 Å². The van der Waals surface area contributed by atoms with Gasteiger partial charge in [0.15, 0.2) is 10.2 Å². The van der Waals surface area contributed by atoms with Gasteiger partial charge in [0.1, 0.15) is 0 Å². The van der Waals surface area contributed by atoms with E-state index in [0.29, 0.717) is 25.9 Å². The van der Waals surface area contributed by atoms with Crippen LogP contribution in [-0.4, -0.2) is 20.9 Å². The van der Waals surface area contributed by atoms with Gasteiger partial charge in [0, 0.05) is 12.1 Å². The minimum absolute atomic E-state index is 0.0161. The molecule has 2 N–H and O–H groups in total. The molecule has 0 unspecified atom stereocenters. The van der Waals surface area contributed by atoms with Gasteiger partial charge in [-0.3, -0.25) is 20.2 Å². The maximum atomic E-state index is 12.3. The highest BCUT2D eigenvalue weighted by atomic mass is 35.5. The predicted octanol–water partition coefficient (Wildman–Crippen LogP) is 4.29. The Morgan fingerprint density at radius 1 is 1.31 bits per heavy atom. The number of nitro groups is 1. The van der Waals surface area contributed by atoms with E-state index in [4.69, 9.17) is 23.8 Å². The second kappa shape index (κ2) is 7.32. The number of rotatable bonds is 3. The van der Waals surface area contributed by atoms with E-state index < -0.39 is 10.8 Å². The van der Waals surface area contributed by atoms with Crippen molar-refractivity contribution in [2.24, 2.45) is 0 Å². The summed E-state index contributed by atoms with van der Waals surface area (Å²) in [5.41, 5.74) is 1.83. The summed E-state index contributed by atoms with van der Waals surface area (Å²) >= 11 is 12.4. The Morgan fingerprint density at radius 2 is 2.08 bits per heavy atom. The largest absolute Gasteiger partial charge is 0.308 e. The number of amides is 1. The number of aromatic nitrogens is 1. The highest BCUT2D eigenvalue weighted by molar-refractivity contribution is 7.80. The number of hydrogen-bond acceptors (Lipinski definition) is 6. The van der Waals surface area contributed by atoms with Gasteiger partial charge in [-0.15, -0.1) is 0 Å². The average Bonchev–Trinajstić information content (AvgIpc) is 2.95. The Balaban J connectivity index is 1.72. The maximum Gasteiger partial charge on any atom is 0.270 e. The summed E-state index contributed by atoms with van der Waals surface area (Å²) in [5, 5.41) is 17.0. The molecule has 0 saturated carbocycles. The number of benzene rings is 2. The fourth-order valence-corrected chi connectivity index (χ4v) is 3.66. The summed E-state index contributed by atoms with van der Waals surface area (Å²) in [6.45, 7) is 1.87. The number of halogens is 1. The van der Waals surface area contributed by atoms with E-state index in [1.165, 1.54) is 23.5 Å². The van der Waals surface area contributed by atoms with Crippen molar-refractivity contribution in [2.75, 3.05) is 5.32 Å². The normalized spacial score (nSPS) is 10.5. The van der Waals surface area contributed by atoms with Crippen molar-refractivity contribution in [3.63, 3.8) is 0 Å². The lowest BCUT2D eigenvalue weighted by Crippen LogP contribution is -2.34. The van der Waals surface area contributed by atoms with E-state index in [2.05, 4.69) is 15.6 Å². The maximum absolute atomic E-state index is 12.3. The topological polar surface area (TPSA) is 97.2 Å². The second-order valence-electron chi connectivity index (χ2n) is 5.32. The van der Waals surface area contributed by atoms with Crippen molar-refractivity contribution in [2.45, 2.75) is 6.92 Å². The summed E-state index contributed by atoms with van der Waals surface area (Å²) in [5.74, 6) is -0.441. The molecule has 2 aromatic carbocycles. The number of non-ortho nitro benzene ring substituents is 1. The third-order valence-electron chi connectivity index (χ3n) is 3.40. The smallest absolute Gasteiger partial charge is 0.270 e. The zero-order valence-electron chi connectivity index (χ0n) is 13.3. The highest BCUT2D eigenvalue weighted by Crippen LogP contribution is 2.29. The van der Waals surface area contributed by atoms with Gasteiger partial charge in [-0.05, 0) is 42.9 Å². The van der Waals surface area contributed by atoms with Crippen LogP contribution in [0.5, 0.6) is 0 Å². The minimum Gasteiger partial charge on any atom is -0.308 e. The quantitative estimate of drug-likeness (QED) is 0.382. The molecule has 26 heavy (non-hydrogen) atoms. The SMILES string of the molecule is Cc1ccc(C(=O)NC(=S)Nc2nc3ccc([N+](=O)[O-])cc3s2)c(Cl)c1. The number of thiazole rings is 1. The van der Waals surface area contributed by atoms with Gasteiger partial charge >= 0.3 is 0 Å². The number of anilines is 1. The van der Waals surface area contributed by atoms with Gasteiger partial charge < -0.3 is 5.32 Å². The van der Waals surface area contributed by atoms with E-state index in [1.807, 2.05) is 6.92 Å². The predicted molar refractivity (Wildman–Crippen MR) is 106 cm³/mol. The molecule has 1 amide bonds. The molecule has 0 aliphatic carbocycles. The number of nitrogens with one attached hydrogen (secondary N) is 2. The molecule has 0 fully saturated rings. The number of nitrogens with zero attached hydrogens (tertiary/aromatic N) is 2. The first-order valence-electron chi connectivity index (χ1n) is 7.27. The van der Waals surface area contributed by atoms with Crippen molar-refractivity contribution in [1.29, 1.82) is 0 Å². The van der Waals surface area contributed by atoms with Crippen LogP contribution in [-0.2, 0) is 0 Å². The van der Waals surface area contributed by atoms with Crippen LogP contribution >= 0.6 is 35.2 Å². The van der Waals surface area contributed by atoms with Crippen molar-refractivity contribution in [1.82, 2.24) is 10.3 Å². The molecular formula is C16H11ClN4O3S2. The lowest BCUT2D eigenvalue weighted by molar-refractivity contribution is -0.384. The van der Waals surface area contributed by atoms with Crippen molar-refractivity contribution in [3.8, 4) is 0 Å². The summed E-state index contributed by atoms with van der Waals surface area (Å²) in [7, 11) is 0. The number of carbonyl (C=O) groups excluding carboxylic acids is 1. The molecule has 0 radical (unpaired) electrons. The average molecular weight is 407 g/mol. The van der Waals surface area contributed by atoms with Crippen molar-refractivity contribution in [3.05, 3.63) is 62.7 Å². The van der Waals surface area contributed by atoms with Crippen molar-refractivity contribution < 1.29 is 9.72 Å². The van der Waals surface area contributed by atoms with Gasteiger partial charge in [-0.1, -0.05) is 29.0 Å². The molecule has 3 rings (SSSR count). The Kier molecular flexibility index (Phi) is 5.12. The fraction of sp³-hybridized carbons (Fsp3) is 0.0625. The van der Waals surface area contributed by atoms with Crippen LogP contribution in [0.25, 0.3) is 10.2 Å². The zero-order chi connectivity index (χ0) is 18.8. The molecular weight excluding hydrogens is 396 g/mol. The van der Waals surface area contributed by atoms with Crippen LogP contribution in [0, 0.1) is 17.0 Å². The molecule has 0 atom stereocenters. The molecule has 0 bridgehead atoms. The molecule has 1 heterocycles. The third kappa shape index (κ3) is 3.96. The van der Waals surface area contributed by atoms with Gasteiger partial charge in [-0.25, -0.2) is 4.98 Å². The van der Waals surface area contributed by atoms with Gasteiger partial charge in [0.2, 0.25) is 0 Å². The molecule has 10 heteroatoms. The first-order valence-corrected chi connectivity index (χ1v) is 8.87. The molecule has 0 saturated heterocycles. The molecule has 7 nitrogen and oxygen atoms in total. The van der Waals surface area contributed by atoms with E-state index in [-0.39, 0.29) is 10.8 Å². The van der Waals surface area contributed by atoms with Crippen molar-refractivity contribution >= 4 is 67.2 Å². The monoisotopic (exact) mass is 406 g/mol. The number of fused-ring (bicyclic) bond motifs is 1. The lowest BCUT2D eigenvalue weighted by atomic mass is 10.1. The number of carbonyl (C=O) groups is 1. The number of aryl methyl sites for hydroxylation is 1. The standard InChI is InChI=1S/C16H11ClN4O3S2/c1-8-2-4-10(11(17)6-8)14(22)19-15(25)20-16-18-12-5-3-9(21(23)24)7-13(12)26-16/h2-7H,1H3,(H2,18,19,20,22,25). The molecule has 0 aliphatic heterocycles. The Hall–Kier alpha value is -2.62. The van der Waals surface area contributed by atoms with Gasteiger partial charge in [0.25, 0.3) is 11.6 Å². The molecule has 3 aromatic rings. The van der Waals surface area contributed by atoms with Crippen LogP contribution in [0.2, 0.25) is 5.02 Å². The van der Waals surface area contributed by atoms with Crippen LogP contribution in [0.1, 0.15) is 15.9 Å². The Morgan fingerprint density at radius 3 is 2.77 bits per heavy atom. The summed E-state index contributed by atoms with van der Waals surface area (Å²) in [6, 6.07) is 9.46. The molecule has 0 spiro atoms. The number of hydrogen-bond donors (Lipinski definition) is 2. The Labute approximate surface area is 162 Å². The van der Waals surface area contributed by atoms with Crippen LogP contribution in [0.4, 0.5) is 10.8 Å². The zero-order valence-corrected chi connectivity index (χ0v) is 15.7. The summed E-state index contributed by atoms with van der Waals surface area (Å²) in [4.78, 5) is 26.9. The Bertz CT molecular complexity index is 1050.